The number of nitrogens with zero attached hydrogens (tertiary/aromatic N) is 3. The molecule has 0 amide bonds. The van der Waals surface area contributed by atoms with Gasteiger partial charge in [0, 0.05) is 35.0 Å². The van der Waals surface area contributed by atoms with Gasteiger partial charge in [-0.3, -0.25) is 4.98 Å². The summed E-state index contributed by atoms with van der Waals surface area (Å²) >= 11 is 0. The van der Waals surface area contributed by atoms with Crippen LogP contribution in [0.1, 0.15) is 16.1 Å². The standard InChI is InChI=1S/C26H20N4O3/c1-32-26(31)21-13-24(29-23-10-11-28-15-22(21)23)18-6-2-16(3-7-18)17-4-8-19(9-5-17)25-12-20(14-27)33-30-25/h2-13,15H,14,27H2,1H3. The number of ether oxygens (including phenoxy) is 1. The molecule has 0 aliphatic rings. The van der Waals surface area contributed by atoms with E-state index in [-0.39, 0.29) is 0 Å². The predicted molar refractivity (Wildman–Crippen MR) is 125 cm³/mol. The number of aromatic nitrogens is 3. The molecule has 0 unspecified atom stereocenters. The zero-order valence-electron chi connectivity index (χ0n) is 17.9. The lowest BCUT2D eigenvalue weighted by atomic mass is 10.00. The first-order valence-corrected chi connectivity index (χ1v) is 10.4. The molecule has 0 bridgehead atoms. The summed E-state index contributed by atoms with van der Waals surface area (Å²) in [6.07, 6.45) is 3.28. The molecule has 0 saturated carbocycles. The number of carbonyl (C=O) groups is 1. The van der Waals surface area contributed by atoms with Gasteiger partial charge in [-0.05, 0) is 23.3 Å². The summed E-state index contributed by atoms with van der Waals surface area (Å²) in [5.41, 5.74) is 12.2. The van der Waals surface area contributed by atoms with E-state index >= 15 is 0 Å². The number of hydrogen-bond acceptors (Lipinski definition) is 7. The molecule has 162 valence electrons. The lowest BCUT2D eigenvalue weighted by Gasteiger charge is -2.09. The van der Waals surface area contributed by atoms with Crippen molar-refractivity contribution in [1.29, 1.82) is 0 Å². The molecule has 7 nitrogen and oxygen atoms in total. The molecule has 0 fully saturated rings. The van der Waals surface area contributed by atoms with Crippen molar-refractivity contribution >= 4 is 16.9 Å². The molecule has 5 rings (SSSR count). The summed E-state index contributed by atoms with van der Waals surface area (Å²) in [7, 11) is 1.37. The van der Waals surface area contributed by atoms with Gasteiger partial charge in [0.05, 0.1) is 30.4 Å². The molecular formula is C26H20N4O3. The van der Waals surface area contributed by atoms with E-state index in [2.05, 4.69) is 10.1 Å². The van der Waals surface area contributed by atoms with Gasteiger partial charge in [0.1, 0.15) is 5.69 Å². The Kier molecular flexibility index (Phi) is 5.38. The first-order chi connectivity index (χ1) is 16.2. The first kappa shape index (κ1) is 20.5. The summed E-state index contributed by atoms with van der Waals surface area (Å²) in [6, 6.07) is 21.5. The third-order valence-electron chi connectivity index (χ3n) is 5.47. The fraction of sp³-hybridized carbons (Fsp3) is 0.0769. The summed E-state index contributed by atoms with van der Waals surface area (Å²) in [4.78, 5) is 21.1. The number of carbonyl (C=O) groups excluding carboxylic acids is 1. The highest BCUT2D eigenvalue weighted by atomic mass is 16.5. The van der Waals surface area contributed by atoms with E-state index in [1.165, 1.54) is 7.11 Å². The van der Waals surface area contributed by atoms with E-state index < -0.39 is 5.97 Å². The van der Waals surface area contributed by atoms with Gasteiger partial charge in [-0.1, -0.05) is 53.7 Å². The van der Waals surface area contributed by atoms with Crippen LogP contribution in [0.2, 0.25) is 0 Å². The molecule has 2 aromatic carbocycles. The van der Waals surface area contributed by atoms with E-state index in [0.717, 1.165) is 27.9 Å². The molecule has 0 spiro atoms. The van der Waals surface area contributed by atoms with Crippen LogP contribution in [0.5, 0.6) is 0 Å². The van der Waals surface area contributed by atoms with Gasteiger partial charge in [-0.25, -0.2) is 9.78 Å². The van der Waals surface area contributed by atoms with E-state index in [1.54, 1.807) is 24.5 Å². The third-order valence-corrected chi connectivity index (χ3v) is 5.47. The quantitative estimate of drug-likeness (QED) is 0.392. The average molecular weight is 436 g/mol. The van der Waals surface area contributed by atoms with Crippen molar-refractivity contribution in [2.45, 2.75) is 6.54 Å². The van der Waals surface area contributed by atoms with Gasteiger partial charge in [0.2, 0.25) is 0 Å². The van der Waals surface area contributed by atoms with Gasteiger partial charge in [0.25, 0.3) is 0 Å². The molecule has 2 N–H and O–H groups in total. The SMILES string of the molecule is COC(=O)c1cc(-c2ccc(-c3ccc(-c4cc(CN)on4)cc3)cc2)nc2ccncc12. The van der Waals surface area contributed by atoms with Gasteiger partial charge >= 0.3 is 5.97 Å². The van der Waals surface area contributed by atoms with Crippen LogP contribution in [-0.4, -0.2) is 28.2 Å². The smallest absolute Gasteiger partial charge is 0.338 e. The van der Waals surface area contributed by atoms with Crippen molar-refractivity contribution in [3.05, 3.63) is 90.4 Å². The van der Waals surface area contributed by atoms with Crippen molar-refractivity contribution in [2.75, 3.05) is 7.11 Å². The second kappa shape index (κ2) is 8.64. The van der Waals surface area contributed by atoms with Crippen LogP contribution in [0.25, 0.3) is 44.5 Å². The van der Waals surface area contributed by atoms with Gasteiger partial charge in [0.15, 0.2) is 5.76 Å². The second-order valence-electron chi connectivity index (χ2n) is 7.48. The summed E-state index contributed by atoms with van der Waals surface area (Å²) in [5, 5.41) is 4.72. The molecule has 0 radical (unpaired) electrons. The molecule has 3 aromatic heterocycles. The molecular weight excluding hydrogens is 416 g/mol. The molecule has 3 heterocycles. The second-order valence-corrected chi connectivity index (χ2v) is 7.48. The molecule has 0 saturated heterocycles. The molecule has 7 heteroatoms. The Labute approximate surface area is 189 Å². The van der Waals surface area contributed by atoms with Crippen LogP contribution in [0, 0.1) is 0 Å². The highest BCUT2D eigenvalue weighted by molar-refractivity contribution is 6.04. The first-order valence-electron chi connectivity index (χ1n) is 10.4. The minimum absolute atomic E-state index is 0.321. The van der Waals surface area contributed by atoms with Gasteiger partial charge in [-0.15, -0.1) is 0 Å². The van der Waals surface area contributed by atoms with Crippen LogP contribution < -0.4 is 5.73 Å². The van der Waals surface area contributed by atoms with Crippen LogP contribution in [-0.2, 0) is 11.3 Å². The Hall–Kier alpha value is -4.36. The van der Waals surface area contributed by atoms with Crippen molar-refractivity contribution in [1.82, 2.24) is 15.1 Å². The van der Waals surface area contributed by atoms with E-state index in [1.807, 2.05) is 54.6 Å². The third kappa shape index (κ3) is 3.97. The predicted octanol–water partition coefficient (Wildman–Crippen LogP) is 4.86. The Balaban J connectivity index is 1.45. The largest absolute Gasteiger partial charge is 0.465 e. The number of esters is 1. The van der Waals surface area contributed by atoms with Crippen LogP contribution in [0.15, 0.2) is 83.6 Å². The Morgan fingerprint density at radius 3 is 2.15 bits per heavy atom. The van der Waals surface area contributed by atoms with E-state index in [4.69, 9.17) is 20.0 Å². The maximum atomic E-state index is 12.3. The Bertz CT molecular complexity index is 1440. The van der Waals surface area contributed by atoms with Crippen LogP contribution >= 0.6 is 0 Å². The zero-order valence-corrected chi connectivity index (χ0v) is 17.9. The molecule has 0 atom stereocenters. The van der Waals surface area contributed by atoms with E-state index in [9.17, 15) is 4.79 Å². The number of benzene rings is 2. The van der Waals surface area contributed by atoms with Crippen molar-refractivity contribution in [3.63, 3.8) is 0 Å². The molecule has 0 aliphatic carbocycles. The molecule has 33 heavy (non-hydrogen) atoms. The number of rotatable bonds is 5. The minimum atomic E-state index is -0.418. The van der Waals surface area contributed by atoms with E-state index in [0.29, 0.717) is 34.5 Å². The van der Waals surface area contributed by atoms with Crippen LogP contribution in [0.4, 0.5) is 0 Å². The molecule has 5 aromatic rings. The normalized spacial score (nSPS) is 11.0. The number of fused-ring (bicyclic) bond motifs is 1. The number of nitrogens with two attached hydrogens (primary N) is 1. The highest BCUT2D eigenvalue weighted by Crippen LogP contribution is 2.29. The number of methoxy groups -OCH3 is 1. The van der Waals surface area contributed by atoms with Crippen molar-refractivity contribution in [2.24, 2.45) is 5.73 Å². The maximum Gasteiger partial charge on any atom is 0.338 e. The summed E-state index contributed by atoms with van der Waals surface area (Å²) < 4.78 is 10.1. The maximum absolute atomic E-state index is 12.3. The Morgan fingerprint density at radius 1 is 0.909 bits per heavy atom. The Morgan fingerprint density at radius 2 is 1.55 bits per heavy atom. The van der Waals surface area contributed by atoms with Gasteiger partial charge in [-0.2, -0.15) is 0 Å². The fourth-order valence-corrected chi connectivity index (χ4v) is 3.71. The highest BCUT2D eigenvalue weighted by Gasteiger charge is 2.14. The number of pyridine rings is 2. The summed E-state index contributed by atoms with van der Waals surface area (Å²) in [5.74, 6) is 0.234. The van der Waals surface area contributed by atoms with Crippen molar-refractivity contribution in [3.8, 4) is 33.6 Å². The van der Waals surface area contributed by atoms with Crippen molar-refractivity contribution < 1.29 is 14.1 Å². The lowest BCUT2D eigenvalue weighted by molar-refractivity contribution is 0.0603. The van der Waals surface area contributed by atoms with Gasteiger partial charge < -0.3 is 15.0 Å². The minimum Gasteiger partial charge on any atom is -0.465 e. The zero-order chi connectivity index (χ0) is 22.8. The monoisotopic (exact) mass is 436 g/mol. The lowest BCUT2D eigenvalue weighted by Crippen LogP contribution is -2.04. The summed E-state index contributed by atoms with van der Waals surface area (Å²) in [6.45, 7) is 0.321. The number of hydrogen-bond donors (Lipinski definition) is 1. The average Bonchev–Trinajstić information content (AvgIpc) is 3.37. The fourth-order valence-electron chi connectivity index (χ4n) is 3.71. The topological polar surface area (TPSA) is 104 Å². The van der Waals surface area contributed by atoms with Crippen LogP contribution in [0.3, 0.4) is 0 Å². The molecule has 0 aliphatic heterocycles.